The highest BCUT2D eigenvalue weighted by molar-refractivity contribution is 5.66. The molecule has 0 aliphatic heterocycles. The Morgan fingerprint density at radius 3 is 2.90 bits per heavy atom. The molecule has 0 aliphatic rings. The minimum atomic E-state index is -0.830. The maximum absolute atomic E-state index is 10.3. The van der Waals surface area contributed by atoms with E-state index in [2.05, 4.69) is 11.2 Å². The third kappa shape index (κ3) is 4.20. The maximum Gasteiger partial charge on any atom is 0.305 e. The van der Waals surface area contributed by atoms with Gasteiger partial charge in [0.05, 0.1) is 25.8 Å². The molecule has 1 aromatic heterocycles. The Morgan fingerprint density at radius 2 is 2.20 bits per heavy atom. The van der Waals surface area contributed by atoms with Crippen molar-refractivity contribution in [3.05, 3.63) is 42.2 Å². The lowest BCUT2D eigenvalue weighted by atomic mass is 10.0. The van der Waals surface area contributed by atoms with Crippen LogP contribution in [0.2, 0.25) is 0 Å². The monoisotopic (exact) mass is 274 g/mol. The van der Waals surface area contributed by atoms with Crippen LogP contribution in [0.1, 0.15) is 12.0 Å². The van der Waals surface area contributed by atoms with Crippen molar-refractivity contribution in [2.45, 2.75) is 12.8 Å². The predicted octanol–water partition coefficient (Wildman–Crippen LogP) is 2.12. The summed E-state index contributed by atoms with van der Waals surface area (Å²) < 4.78 is 7.08. The number of nitrogens with zero attached hydrogens (tertiary/aromatic N) is 2. The Bertz CT molecular complexity index is 578. The van der Waals surface area contributed by atoms with Crippen LogP contribution < -0.4 is 0 Å². The van der Waals surface area contributed by atoms with Crippen LogP contribution in [0.5, 0.6) is 0 Å². The smallest absolute Gasteiger partial charge is 0.305 e. The van der Waals surface area contributed by atoms with Crippen molar-refractivity contribution in [1.29, 1.82) is 0 Å². The fourth-order valence-electron chi connectivity index (χ4n) is 1.93. The van der Waals surface area contributed by atoms with Crippen LogP contribution in [0.3, 0.4) is 0 Å². The van der Waals surface area contributed by atoms with Gasteiger partial charge in [0.15, 0.2) is 0 Å². The fourth-order valence-corrected chi connectivity index (χ4v) is 1.93. The Kier molecular flexibility index (Phi) is 4.90. The lowest BCUT2D eigenvalue weighted by Gasteiger charge is -2.05. The van der Waals surface area contributed by atoms with E-state index in [4.69, 9.17) is 9.84 Å². The lowest BCUT2D eigenvalue weighted by molar-refractivity contribution is -0.138. The summed E-state index contributed by atoms with van der Waals surface area (Å²) in [5, 5.41) is 12.7. The first kappa shape index (κ1) is 14.3. The number of hydrogen-bond acceptors (Lipinski definition) is 3. The molecule has 0 atom stereocenters. The average molecular weight is 274 g/mol. The first-order valence-corrected chi connectivity index (χ1v) is 6.52. The van der Waals surface area contributed by atoms with Crippen LogP contribution in [0, 0.1) is 0 Å². The maximum atomic E-state index is 10.3. The highest BCUT2D eigenvalue weighted by Crippen LogP contribution is 2.19. The van der Waals surface area contributed by atoms with Gasteiger partial charge in [0.1, 0.15) is 0 Å². The summed E-state index contributed by atoms with van der Waals surface area (Å²) in [5.74, 6) is -0.830. The van der Waals surface area contributed by atoms with Gasteiger partial charge in [-0.05, 0) is 17.5 Å². The molecule has 0 unspecified atom stereocenters. The van der Waals surface area contributed by atoms with E-state index in [1.807, 2.05) is 37.6 Å². The van der Waals surface area contributed by atoms with Crippen LogP contribution in [0.15, 0.2) is 36.7 Å². The van der Waals surface area contributed by atoms with E-state index in [1.54, 1.807) is 4.68 Å². The number of benzene rings is 1. The summed E-state index contributed by atoms with van der Waals surface area (Å²) in [6.45, 7) is 0.793. The van der Waals surface area contributed by atoms with Gasteiger partial charge in [-0.25, -0.2) is 0 Å². The zero-order valence-corrected chi connectivity index (χ0v) is 11.5. The largest absolute Gasteiger partial charge is 0.481 e. The minimum absolute atomic E-state index is 0.0513. The molecule has 1 aromatic carbocycles. The molecule has 106 valence electrons. The van der Waals surface area contributed by atoms with Gasteiger partial charge in [-0.1, -0.05) is 24.3 Å². The number of ether oxygens (including phenoxy) is 1. The summed E-state index contributed by atoms with van der Waals surface area (Å²) in [5.41, 5.74) is 3.38. The van der Waals surface area contributed by atoms with Gasteiger partial charge < -0.3 is 9.84 Å². The van der Waals surface area contributed by atoms with Crippen molar-refractivity contribution < 1.29 is 14.6 Å². The van der Waals surface area contributed by atoms with Gasteiger partial charge in [0.25, 0.3) is 0 Å². The standard InChI is InChI=1S/C15H18N2O3/c1-17-11-14(10-16-17)13-4-2-3-12(9-13)5-7-20-8-6-15(18)19/h2-4,9-11H,5-8H2,1H3,(H,18,19). The Labute approximate surface area is 117 Å². The van der Waals surface area contributed by atoms with Crippen LogP contribution in [0.25, 0.3) is 11.1 Å². The highest BCUT2D eigenvalue weighted by atomic mass is 16.5. The zero-order valence-electron chi connectivity index (χ0n) is 11.5. The summed E-state index contributed by atoms with van der Waals surface area (Å²) in [4.78, 5) is 10.3. The second-order valence-electron chi connectivity index (χ2n) is 4.61. The van der Waals surface area contributed by atoms with Gasteiger partial charge >= 0.3 is 5.97 Å². The highest BCUT2D eigenvalue weighted by Gasteiger charge is 2.02. The van der Waals surface area contributed by atoms with E-state index in [-0.39, 0.29) is 13.0 Å². The van der Waals surface area contributed by atoms with E-state index in [9.17, 15) is 4.79 Å². The number of aromatic nitrogens is 2. The SMILES string of the molecule is Cn1cc(-c2cccc(CCOCCC(=O)O)c2)cn1. The van der Waals surface area contributed by atoms with E-state index in [1.165, 1.54) is 5.56 Å². The van der Waals surface area contributed by atoms with Crippen molar-refractivity contribution in [1.82, 2.24) is 9.78 Å². The van der Waals surface area contributed by atoms with Crippen molar-refractivity contribution in [2.24, 2.45) is 7.05 Å². The van der Waals surface area contributed by atoms with Crippen LogP contribution in [-0.4, -0.2) is 34.1 Å². The molecule has 0 amide bonds. The molecule has 0 spiro atoms. The second kappa shape index (κ2) is 6.86. The van der Waals surface area contributed by atoms with Crippen molar-refractivity contribution >= 4 is 5.97 Å². The third-order valence-electron chi connectivity index (χ3n) is 2.96. The molecule has 5 nitrogen and oxygen atoms in total. The van der Waals surface area contributed by atoms with Gasteiger partial charge in [-0.3, -0.25) is 9.48 Å². The van der Waals surface area contributed by atoms with Crippen molar-refractivity contribution in [3.8, 4) is 11.1 Å². The summed E-state index contributed by atoms with van der Waals surface area (Å²) in [6.07, 6.45) is 4.63. The topological polar surface area (TPSA) is 64.3 Å². The van der Waals surface area contributed by atoms with Crippen LogP contribution in [-0.2, 0) is 23.0 Å². The van der Waals surface area contributed by atoms with Gasteiger partial charge in [-0.15, -0.1) is 0 Å². The molecule has 0 aliphatic carbocycles. The number of carbonyl (C=O) groups is 1. The molecular weight excluding hydrogens is 256 g/mol. The number of aryl methyl sites for hydroxylation is 1. The number of rotatable bonds is 7. The molecule has 0 bridgehead atoms. The van der Waals surface area contributed by atoms with E-state index >= 15 is 0 Å². The molecule has 0 saturated heterocycles. The van der Waals surface area contributed by atoms with Gasteiger partial charge in [0.2, 0.25) is 0 Å². The molecule has 0 fully saturated rings. The molecule has 2 rings (SSSR count). The Balaban J connectivity index is 1.88. The van der Waals surface area contributed by atoms with E-state index in [0.29, 0.717) is 6.61 Å². The number of aliphatic carboxylic acids is 1. The molecule has 1 heterocycles. The van der Waals surface area contributed by atoms with Crippen LogP contribution >= 0.6 is 0 Å². The van der Waals surface area contributed by atoms with Crippen molar-refractivity contribution in [3.63, 3.8) is 0 Å². The third-order valence-corrected chi connectivity index (χ3v) is 2.96. The number of carboxylic acids is 1. The van der Waals surface area contributed by atoms with E-state index < -0.39 is 5.97 Å². The second-order valence-corrected chi connectivity index (χ2v) is 4.61. The number of hydrogen-bond donors (Lipinski definition) is 1. The molecular formula is C15H18N2O3. The lowest BCUT2D eigenvalue weighted by Crippen LogP contribution is -2.05. The van der Waals surface area contributed by atoms with Crippen molar-refractivity contribution in [2.75, 3.05) is 13.2 Å². The summed E-state index contributed by atoms with van der Waals surface area (Å²) in [7, 11) is 1.89. The molecule has 1 N–H and O–H groups in total. The Morgan fingerprint density at radius 1 is 1.35 bits per heavy atom. The van der Waals surface area contributed by atoms with Crippen LogP contribution in [0.4, 0.5) is 0 Å². The normalized spacial score (nSPS) is 10.7. The average Bonchev–Trinajstić information content (AvgIpc) is 2.85. The molecule has 5 heteroatoms. The minimum Gasteiger partial charge on any atom is -0.481 e. The van der Waals surface area contributed by atoms with E-state index in [0.717, 1.165) is 17.5 Å². The number of carboxylic acid groups (broad SMARTS) is 1. The fraction of sp³-hybridized carbons (Fsp3) is 0.333. The molecule has 0 radical (unpaired) electrons. The zero-order chi connectivity index (χ0) is 14.4. The summed E-state index contributed by atoms with van der Waals surface area (Å²) in [6, 6.07) is 8.21. The quantitative estimate of drug-likeness (QED) is 0.785. The first-order chi connectivity index (χ1) is 9.65. The molecule has 0 saturated carbocycles. The predicted molar refractivity (Wildman–Crippen MR) is 75.4 cm³/mol. The molecule has 2 aromatic rings. The Hall–Kier alpha value is -2.14. The summed E-state index contributed by atoms with van der Waals surface area (Å²) >= 11 is 0. The first-order valence-electron chi connectivity index (χ1n) is 6.52. The van der Waals surface area contributed by atoms with Gasteiger partial charge in [0, 0.05) is 18.8 Å². The molecule has 20 heavy (non-hydrogen) atoms. The van der Waals surface area contributed by atoms with Gasteiger partial charge in [-0.2, -0.15) is 5.10 Å².